The number of aliphatic hydroxyl groups excluding tert-OH is 1. The molecule has 1 unspecified atom stereocenters. The lowest BCUT2D eigenvalue weighted by Crippen LogP contribution is -2.29. The maximum atomic E-state index is 13.6. The molecule has 4 aromatic carbocycles. The second-order valence-corrected chi connectivity index (χ2v) is 12.9. The largest absolute Gasteiger partial charge is 0.507 e. The molecule has 0 spiro atoms. The Balaban J connectivity index is 1.39. The van der Waals surface area contributed by atoms with Crippen LogP contribution in [0, 0.1) is 13.8 Å². The topological polar surface area (TPSA) is 83.4 Å². The fourth-order valence-corrected chi connectivity index (χ4v) is 7.36. The van der Waals surface area contributed by atoms with Crippen LogP contribution in [0.2, 0.25) is 0 Å². The molecule has 5 aromatic rings. The first-order chi connectivity index (χ1) is 19.8. The summed E-state index contributed by atoms with van der Waals surface area (Å²) < 4.78 is 1.47. The molecule has 1 aromatic heterocycles. The van der Waals surface area contributed by atoms with Gasteiger partial charge in [0.05, 0.1) is 11.6 Å². The van der Waals surface area contributed by atoms with Crippen LogP contribution < -0.4 is 4.90 Å². The van der Waals surface area contributed by atoms with Gasteiger partial charge in [0, 0.05) is 15.8 Å². The minimum Gasteiger partial charge on any atom is -0.507 e. The lowest BCUT2D eigenvalue weighted by Gasteiger charge is -2.23. The van der Waals surface area contributed by atoms with E-state index in [1.54, 1.807) is 0 Å². The van der Waals surface area contributed by atoms with Crippen LogP contribution in [-0.4, -0.2) is 27.0 Å². The van der Waals surface area contributed by atoms with E-state index in [1.165, 1.54) is 44.3 Å². The lowest BCUT2D eigenvalue weighted by atomic mass is 9.93. The van der Waals surface area contributed by atoms with Gasteiger partial charge in [-0.25, -0.2) is 0 Å². The predicted octanol–water partition coefficient (Wildman–Crippen LogP) is 7.99. The van der Waals surface area contributed by atoms with Gasteiger partial charge >= 0.3 is 5.91 Å². The van der Waals surface area contributed by atoms with E-state index in [4.69, 9.17) is 0 Å². The summed E-state index contributed by atoms with van der Waals surface area (Å²) in [5.41, 5.74) is 4.13. The number of nitrogens with zero attached hydrogens (tertiary/aromatic N) is 3. The number of carbonyl (C=O) groups is 2. The van der Waals surface area contributed by atoms with Crippen molar-refractivity contribution >= 4 is 72.4 Å². The Morgan fingerprint density at radius 3 is 2.59 bits per heavy atom. The van der Waals surface area contributed by atoms with Gasteiger partial charge in [-0.15, -0.1) is 10.2 Å². The third-order valence-electron chi connectivity index (χ3n) is 7.09. The van der Waals surface area contributed by atoms with Crippen LogP contribution in [0.4, 0.5) is 5.13 Å². The molecule has 9 heteroatoms. The molecule has 0 bridgehead atoms. The quantitative estimate of drug-likeness (QED) is 0.0665. The number of fused-ring (bicyclic) bond motifs is 1. The van der Waals surface area contributed by atoms with E-state index in [0.29, 0.717) is 26.4 Å². The van der Waals surface area contributed by atoms with Crippen molar-refractivity contribution < 1.29 is 14.7 Å². The standard InChI is InChI=1S/C32H24BrN3O3S2/c1-18-13-14-19(2)25(15-18)28(37)26-27(21-9-6-11-23(33)16-21)36(30(39)29(26)38)31-34-35-32(41-31)40-17-22-10-5-8-20-7-3-4-12-24(20)22/h3-16,27,37H,17H2,1-2H3. The summed E-state index contributed by atoms with van der Waals surface area (Å²) in [5.74, 6) is -1.03. The number of carbonyl (C=O) groups excluding carboxylic acids is 2. The molecule has 1 amide bonds. The van der Waals surface area contributed by atoms with Crippen LogP contribution in [0.5, 0.6) is 0 Å². The van der Waals surface area contributed by atoms with Gasteiger partial charge in [0.15, 0.2) is 4.34 Å². The molecule has 1 aliphatic rings. The number of hydrogen-bond acceptors (Lipinski definition) is 7. The number of hydrogen-bond donors (Lipinski definition) is 1. The van der Waals surface area contributed by atoms with Crippen molar-refractivity contribution in [1.82, 2.24) is 10.2 Å². The molecule has 2 heterocycles. The molecule has 0 radical (unpaired) electrons. The van der Waals surface area contributed by atoms with Gasteiger partial charge in [0.1, 0.15) is 5.76 Å². The van der Waals surface area contributed by atoms with E-state index in [-0.39, 0.29) is 11.3 Å². The van der Waals surface area contributed by atoms with Gasteiger partial charge in [-0.3, -0.25) is 14.5 Å². The molecule has 204 valence electrons. The van der Waals surface area contributed by atoms with Gasteiger partial charge in [0.25, 0.3) is 5.78 Å². The van der Waals surface area contributed by atoms with Gasteiger partial charge in [-0.2, -0.15) is 0 Å². The molecule has 0 aliphatic carbocycles. The summed E-state index contributed by atoms with van der Waals surface area (Å²) in [6.07, 6.45) is 0. The second-order valence-electron chi connectivity index (χ2n) is 9.82. The zero-order chi connectivity index (χ0) is 28.7. The molecular formula is C32H24BrN3O3S2. The first-order valence-corrected chi connectivity index (χ1v) is 15.5. The average molecular weight is 643 g/mol. The van der Waals surface area contributed by atoms with Crippen molar-refractivity contribution in [3.05, 3.63) is 123 Å². The fourth-order valence-electron chi connectivity index (χ4n) is 5.07. The molecule has 1 N–H and O–H groups in total. The third-order valence-corrected chi connectivity index (χ3v) is 9.69. The summed E-state index contributed by atoms with van der Waals surface area (Å²) in [6.45, 7) is 3.78. The van der Waals surface area contributed by atoms with Crippen molar-refractivity contribution in [3.63, 3.8) is 0 Å². The first kappa shape index (κ1) is 27.4. The van der Waals surface area contributed by atoms with Crippen molar-refractivity contribution in [3.8, 4) is 0 Å². The van der Waals surface area contributed by atoms with Crippen LogP contribution in [0.25, 0.3) is 16.5 Å². The molecule has 1 fully saturated rings. The Kier molecular flexibility index (Phi) is 7.50. The van der Waals surface area contributed by atoms with E-state index in [0.717, 1.165) is 15.6 Å². The van der Waals surface area contributed by atoms with E-state index in [2.05, 4.69) is 50.4 Å². The van der Waals surface area contributed by atoms with E-state index in [1.807, 2.05) is 74.5 Å². The van der Waals surface area contributed by atoms with Gasteiger partial charge in [0.2, 0.25) is 5.13 Å². The van der Waals surface area contributed by atoms with Crippen molar-refractivity contribution in [2.24, 2.45) is 0 Å². The highest BCUT2D eigenvalue weighted by molar-refractivity contribution is 9.10. The van der Waals surface area contributed by atoms with E-state index in [9.17, 15) is 14.7 Å². The van der Waals surface area contributed by atoms with Crippen LogP contribution in [0.15, 0.2) is 99.3 Å². The number of Topliss-reactive ketones (excluding diaryl/α,β-unsaturated/α-hetero) is 1. The number of aromatic nitrogens is 2. The smallest absolute Gasteiger partial charge is 0.301 e. The number of thioether (sulfide) groups is 1. The zero-order valence-corrected chi connectivity index (χ0v) is 25.4. The van der Waals surface area contributed by atoms with Crippen molar-refractivity contribution in [2.75, 3.05) is 4.90 Å². The maximum Gasteiger partial charge on any atom is 0.301 e. The molecule has 1 aliphatic heterocycles. The highest BCUT2D eigenvalue weighted by atomic mass is 79.9. The number of anilines is 1. The molecule has 41 heavy (non-hydrogen) atoms. The predicted molar refractivity (Wildman–Crippen MR) is 168 cm³/mol. The Labute approximate surface area is 253 Å². The van der Waals surface area contributed by atoms with Crippen molar-refractivity contribution in [2.45, 2.75) is 30.0 Å². The monoisotopic (exact) mass is 641 g/mol. The Morgan fingerprint density at radius 2 is 1.76 bits per heavy atom. The fraction of sp³-hybridized carbons (Fsp3) is 0.125. The number of ketones is 1. The Morgan fingerprint density at radius 1 is 0.976 bits per heavy atom. The summed E-state index contributed by atoms with van der Waals surface area (Å²) in [5, 5.41) is 22.9. The van der Waals surface area contributed by atoms with Gasteiger partial charge in [-0.1, -0.05) is 111 Å². The number of halogens is 1. The van der Waals surface area contributed by atoms with Gasteiger partial charge < -0.3 is 5.11 Å². The van der Waals surface area contributed by atoms with Crippen LogP contribution in [-0.2, 0) is 15.3 Å². The molecule has 6 nitrogen and oxygen atoms in total. The third kappa shape index (κ3) is 5.21. The van der Waals surface area contributed by atoms with E-state index < -0.39 is 17.7 Å². The summed E-state index contributed by atoms with van der Waals surface area (Å²) >= 11 is 6.29. The van der Waals surface area contributed by atoms with Gasteiger partial charge in [-0.05, 0) is 59.5 Å². The molecular weight excluding hydrogens is 618 g/mol. The summed E-state index contributed by atoms with van der Waals surface area (Å²) in [4.78, 5) is 28.5. The van der Waals surface area contributed by atoms with E-state index >= 15 is 0 Å². The molecule has 6 rings (SSSR count). The minimum absolute atomic E-state index is 0.0296. The number of rotatable bonds is 6. The van der Waals surface area contributed by atoms with Crippen LogP contribution in [0.1, 0.15) is 33.9 Å². The Hall–Kier alpha value is -3.79. The minimum atomic E-state index is -0.865. The first-order valence-electron chi connectivity index (χ1n) is 12.9. The van der Waals surface area contributed by atoms with Crippen molar-refractivity contribution in [1.29, 1.82) is 0 Å². The summed E-state index contributed by atoms with van der Waals surface area (Å²) in [6, 6.07) is 26.6. The molecule has 1 atom stereocenters. The zero-order valence-electron chi connectivity index (χ0n) is 22.2. The Bertz CT molecular complexity index is 1860. The van der Waals surface area contributed by atoms with Crippen LogP contribution in [0.3, 0.4) is 0 Å². The maximum absolute atomic E-state index is 13.6. The molecule has 0 saturated carbocycles. The summed E-state index contributed by atoms with van der Waals surface area (Å²) in [7, 11) is 0. The number of aryl methyl sites for hydroxylation is 2. The number of amides is 1. The second kappa shape index (κ2) is 11.2. The number of benzene rings is 4. The lowest BCUT2D eigenvalue weighted by molar-refractivity contribution is -0.132. The van der Waals surface area contributed by atoms with Crippen LogP contribution >= 0.6 is 39.0 Å². The number of aliphatic hydroxyl groups is 1. The average Bonchev–Trinajstić information content (AvgIpc) is 3.54. The highest BCUT2D eigenvalue weighted by Gasteiger charge is 2.48. The normalized spacial score (nSPS) is 16.6. The highest BCUT2D eigenvalue weighted by Crippen LogP contribution is 2.45. The SMILES string of the molecule is Cc1ccc(C)c(C(O)=C2C(=O)C(=O)N(c3nnc(SCc4cccc5ccccc45)s3)C2c2cccc(Br)c2)c1. The molecule has 1 saturated heterocycles.